The largest absolute Gasteiger partial charge is 0.394 e. The van der Waals surface area contributed by atoms with Crippen LogP contribution < -0.4 is 5.32 Å². The van der Waals surface area contributed by atoms with Crippen LogP contribution in [0.4, 0.5) is 8.78 Å². The summed E-state index contributed by atoms with van der Waals surface area (Å²) < 4.78 is 25.6. The molecular weight excluding hydrogens is 232 g/mol. The fourth-order valence-electron chi connectivity index (χ4n) is 1.01. The predicted octanol–water partition coefficient (Wildman–Crippen LogP) is 2.03. The van der Waals surface area contributed by atoms with Crippen LogP contribution in [-0.2, 0) is 0 Å². The molecule has 2 nitrogen and oxygen atoms in total. The Bertz CT molecular complexity index is 356. The lowest BCUT2D eigenvalue weighted by molar-refractivity contribution is 0.200. The van der Waals surface area contributed by atoms with Gasteiger partial charge in [-0.3, -0.25) is 0 Å². The van der Waals surface area contributed by atoms with Crippen molar-refractivity contribution in [3.05, 3.63) is 29.8 Å². The summed E-state index contributed by atoms with van der Waals surface area (Å²) in [7, 11) is 1.75. The lowest BCUT2D eigenvalue weighted by atomic mass is 10.1. The van der Waals surface area contributed by atoms with E-state index in [4.69, 9.17) is 5.11 Å². The Morgan fingerprint density at radius 3 is 2.56 bits per heavy atom. The number of hydrogen-bond donors (Lipinski definition) is 2. The van der Waals surface area contributed by atoms with Crippen molar-refractivity contribution in [3.63, 3.8) is 0 Å². The molecule has 0 spiro atoms. The van der Waals surface area contributed by atoms with E-state index < -0.39 is 17.2 Å². The van der Waals surface area contributed by atoms with Crippen LogP contribution in [0.1, 0.15) is 6.92 Å². The number of thioether (sulfide) groups is 1. The molecule has 0 amide bonds. The van der Waals surface area contributed by atoms with Crippen LogP contribution in [0.3, 0.4) is 0 Å². The van der Waals surface area contributed by atoms with Crippen molar-refractivity contribution in [2.24, 2.45) is 0 Å². The maximum Gasteiger partial charge on any atom is 0.159 e. The maximum atomic E-state index is 12.9. The Labute approximate surface area is 98.1 Å². The molecule has 90 valence electrons. The topological polar surface area (TPSA) is 32.3 Å². The van der Waals surface area contributed by atoms with Crippen LogP contribution in [0, 0.1) is 11.6 Å². The van der Waals surface area contributed by atoms with Gasteiger partial charge in [0.15, 0.2) is 11.6 Å². The number of likely N-dealkylation sites (N-methyl/N-ethyl adjacent to an activating group) is 1. The molecule has 0 radical (unpaired) electrons. The summed E-state index contributed by atoms with van der Waals surface area (Å²) in [5.41, 5.74) is -0.421. The van der Waals surface area contributed by atoms with E-state index in [-0.39, 0.29) is 6.61 Å². The van der Waals surface area contributed by atoms with Gasteiger partial charge in [-0.25, -0.2) is 8.78 Å². The van der Waals surface area contributed by atoms with E-state index in [1.54, 1.807) is 7.05 Å². The Kier molecular flexibility index (Phi) is 4.70. The van der Waals surface area contributed by atoms with E-state index in [1.165, 1.54) is 17.8 Å². The van der Waals surface area contributed by atoms with Gasteiger partial charge < -0.3 is 10.4 Å². The quantitative estimate of drug-likeness (QED) is 0.781. The third-order valence-electron chi connectivity index (χ3n) is 2.40. The van der Waals surface area contributed by atoms with Gasteiger partial charge in [0.05, 0.1) is 6.61 Å². The van der Waals surface area contributed by atoms with E-state index >= 15 is 0 Å². The number of halogens is 2. The van der Waals surface area contributed by atoms with Gasteiger partial charge in [0.25, 0.3) is 0 Å². The fraction of sp³-hybridized carbons (Fsp3) is 0.455. The number of benzene rings is 1. The molecule has 1 aromatic rings. The van der Waals surface area contributed by atoms with E-state index in [0.29, 0.717) is 10.6 Å². The van der Waals surface area contributed by atoms with Crippen LogP contribution in [-0.4, -0.2) is 30.1 Å². The predicted molar refractivity (Wildman–Crippen MR) is 61.6 cm³/mol. The van der Waals surface area contributed by atoms with Crippen molar-refractivity contribution in [1.29, 1.82) is 0 Å². The van der Waals surface area contributed by atoms with Gasteiger partial charge >= 0.3 is 0 Å². The smallest absolute Gasteiger partial charge is 0.159 e. The van der Waals surface area contributed by atoms with Gasteiger partial charge in [0.2, 0.25) is 0 Å². The summed E-state index contributed by atoms with van der Waals surface area (Å²) in [6.45, 7) is 1.85. The molecule has 16 heavy (non-hydrogen) atoms. The molecule has 0 aliphatic rings. The highest BCUT2D eigenvalue weighted by Gasteiger charge is 2.20. The number of rotatable bonds is 5. The Balaban J connectivity index is 2.64. The second-order valence-corrected chi connectivity index (χ2v) is 4.88. The Morgan fingerprint density at radius 2 is 2.06 bits per heavy atom. The second kappa shape index (κ2) is 5.61. The summed E-state index contributed by atoms with van der Waals surface area (Å²) in [6, 6.07) is 3.79. The van der Waals surface area contributed by atoms with Crippen molar-refractivity contribution in [1.82, 2.24) is 5.32 Å². The molecule has 0 aromatic heterocycles. The molecule has 1 aromatic carbocycles. The van der Waals surface area contributed by atoms with E-state index in [0.717, 1.165) is 12.1 Å². The molecular formula is C11H15F2NOS. The van der Waals surface area contributed by atoms with Gasteiger partial charge in [-0.2, -0.15) is 0 Å². The lowest BCUT2D eigenvalue weighted by Crippen LogP contribution is -2.45. The van der Waals surface area contributed by atoms with Gasteiger partial charge in [0.1, 0.15) is 0 Å². The molecule has 0 aliphatic carbocycles. The number of hydrogen-bond acceptors (Lipinski definition) is 3. The first-order valence-electron chi connectivity index (χ1n) is 4.88. The minimum absolute atomic E-state index is 0.0137. The number of aliphatic hydroxyl groups is 1. The summed E-state index contributed by atoms with van der Waals surface area (Å²) >= 11 is 1.37. The monoisotopic (exact) mass is 247 g/mol. The molecule has 5 heteroatoms. The number of nitrogens with one attached hydrogen (secondary N) is 1. The summed E-state index contributed by atoms with van der Waals surface area (Å²) in [5, 5.41) is 12.1. The van der Waals surface area contributed by atoms with Crippen molar-refractivity contribution in [3.8, 4) is 0 Å². The minimum atomic E-state index is -0.847. The maximum absolute atomic E-state index is 12.9. The first kappa shape index (κ1) is 13.4. The molecule has 0 saturated carbocycles. The molecule has 1 rings (SSSR count). The highest BCUT2D eigenvalue weighted by molar-refractivity contribution is 7.99. The van der Waals surface area contributed by atoms with Crippen LogP contribution in [0.5, 0.6) is 0 Å². The summed E-state index contributed by atoms with van der Waals surface area (Å²) in [5.74, 6) is -1.12. The summed E-state index contributed by atoms with van der Waals surface area (Å²) in [4.78, 5) is 0.647. The fourth-order valence-corrected chi connectivity index (χ4v) is 2.08. The lowest BCUT2D eigenvalue weighted by Gasteiger charge is -2.26. The van der Waals surface area contributed by atoms with E-state index in [1.807, 2.05) is 6.92 Å². The van der Waals surface area contributed by atoms with Gasteiger partial charge in [-0.15, -0.1) is 11.8 Å². The van der Waals surface area contributed by atoms with Crippen molar-refractivity contribution in [2.45, 2.75) is 17.4 Å². The van der Waals surface area contributed by atoms with Crippen LogP contribution in [0.25, 0.3) is 0 Å². The second-order valence-electron chi connectivity index (χ2n) is 3.83. The zero-order chi connectivity index (χ0) is 12.2. The molecule has 0 bridgehead atoms. The van der Waals surface area contributed by atoms with Gasteiger partial charge in [-0.05, 0) is 32.2 Å². The standard InChI is InChI=1S/C11H15F2NOS/c1-11(6-15,14-2)7-16-8-3-4-9(12)10(13)5-8/h3-5,14-15H,6-7H2,1-2H3. The van der Waals surface area contributed by atoms with Crippen LogP contribution >= 0.6 is 11.8 Å². The van der Waals surface area contributed by atoms with Gasteiger partial charge in [0, 0.05) is 16.2 Å². The van der Waals surface area contributed by atoms with Crippen molar-refractivity contribution < 1.29 is 13.9 Å². The average Bonchev–Trinajstić information content (AvgIpc) is 2.30. The molecule has 0 saturated heterocycles. The molecule has 1 atom stereocenters. The Hall–Kier alpha value is -0.650. The zero-order valence-electron chi connectivity index (χ0n) is 9.26. The normalized spacial score (nSPS) is 14.8. The SMILES string of the molecule is CNC(C)(CO)CSc1ccc(F)c(F)c1. The van der Waals surface area contributed by atoms with E-state index in [2.05, 4.69) is 5.32 Å². The third kappa shape index (κ3) is 3.43. The molecule has 0 fully saturated rings. The van der Waals surface area contributed by atoms with Crippen LogP contribution in [0.2, 0.25) is 0 Å². The zero-order valence-corrected chi connectivity index (χ0v) is 10.1. The number of aliphatic hydroxyl groups excluding tert-OH is 1. The molecule has 0 aliphatic heterocycles. The average molecular weight is 247 g/mol. The first-order valence-corrected chi connectivity index (χ1v) is 5.87. The Morgan fingerprint density at radius 1 is 1.38 bits per heavy atom. The van der Waals surface area contributed by atoms with Crippen LogP contribution in [0.15, 0.2) is 23.1 Å². The molecule has 1 unspecified atom stereocenters. The first-order chi connectivity index (χ1) is 7.50. The minimum Gasteiger partial charge on any atom is -0.394 e. The third-order valence-corrected chi connectivity index (χ3v) is 3.77. The molecule has 2 N–H and O–H groups in total. The van der Waals surface area contributed by atoms with Crippen molar-refractivity contribution >= 4 is 11.8 Å². The highest BCUT2D eigenvalue weighted by atomic mass is 32.2. The highest BCUT2D eigenvalue weighted by Crippen LogP contribution is 2.23. The molecule has 0 heterocycles. The van der Waals surface area contributed by atoms with Gasteiger partial charge in [-0.1, -0.05) is 0 Å². The summed E-state index contributed by atoms with van der Waals surface area (Å²) in [6.07, 6.45) is 0. The van der Waals surface area contributed by atoms with E-state index in [9.17, 15) is 8.78 Å². The van der Waals surface area contributed by atoms with Crippen molar-refractivity contribution in [2.75, 3.05) is 19.4 Å².